The minimum Gasteiger partial charge on any atom is -0.493 e. The molecule has 4 rings (SSSR count). The number of rotatable bonds is 10. The average molecular weight is 498 g/mol. The summed E-state index contributed by atoms with van der Waals surface area (Å²) in [5, 5.41) is 0. The normalized spacial score (nSPS) is 14.5. The van der Waals surface area contributed by atoms with Gasteiger partial charge in [-0.05, 0) is 48.0 Å². The van der Waals surface area contributed by atoms with Crippen LogP contribution in [0.3, 0.4) is 0 Å². The number of thiocarbonyl (C=S) groups is 1. The Morgan fingerprint density at radius 3 is 2.35 bits per heavy atom. The van der Waals surface area contributed by atoms with Gasteiger partial charge in [-0.3, -0.25) is 9.69 Å². The molecule has 34 heavy (non-hydrogen) atoms. The van der Waals surface area contributed by atoms with Crippen LogP contribution in [0.25, 0.3) is 6.08 Å². The first kappa shape index (κ1) is 23.7. The number of nitrogens with zero attached hydrogens (tertiary/aromatic N) is 1. The van der Waals surface area contributed by atoms with E-state index in [0.717, 1.165) is 11.3 Å². The van der Waals surface area contributed by atoms with Gasteiger partial charge >= 0.3 is 0 Å². The molecule has 0 aliphatic carbocycles. The van der Waals surface area contributed by atoms with Crippen molar-refractivity contribution in [3.8, 4) is 23.0 Å². The lowest BCUT2D eigenvalue weighted by Crippen LogP contribution is -2.27. The smallest absolute Gasteiger partial charge is 0.266 e. The molecule has 1 fully saturated rings. The Labute approximate surface area is 207 Å². The molecule has 0 saturated carbocycles. The quantitative estimate of drug-likeness (QED) is 0.216. The van der Waals surface area contributed by atoms with Crippen molar-refractivity contribution in [3.63, 3.8) is 0 Å². The standard InChI is InChI=1S/C25H23NO6S2/c1-28-20-13-17(15-22-24(27)26(25(33)34-22)16-19-9-6-10-30-19)14-21(29-2)23(20)32-12-11-31-18-7-4-3-5-8-18/h3-10,13-15H,11-12,16H2,1-2H3/b22-15-. The van der Waals surface area contributed by atoms with E-state index < -0.39 is 0 Å². The van der Waals surface area contributed by atoms with Crippen molar-refractivity contribution >= 4 is 40.3 Å². The second kappa shape index (κ2) is 11.1. The number of benzene rings is 2. The topological polar surface area (TPSA) is 70.4 Å². The molecule has 0 unspecified atom stereocenters. The van der Waals surface area contributed by atoms with Gasteiger partial charge in [-0.2, -0.15) is 0 Å². The molecule has 1 aromatic heterocycles. The first-order valence-corrected chi connectivity index (χ1v) is 11.7. The van der Waals surface area contributed by atoms with Crippen LogP contribution in [-0.4, -0.2) is 42.6 Å². The van der Waals surface area contributed by atoms with E-state index in [0.29, 0.717) is 52.0 Å². The number of furan rings is 1. The van der Waals surface area contributed by atoms with Gasteiger partial charge in [0.1, 0.15) is 29.0 Å². The van der Waals surface area contributed by atoms with E-state index in [1.54, 1.807) is 44.8 Å². The molecule has 0 atom stereocenters. The summed E-state index contributed by atoms with van der Waals surface area (Å²) in [6, 6.07) is 16.7. The number of hydrogen-bond donors (Lipinski definition) is 0. The highest BCUT2D eigenvalue weighted by molar-refractivity contribution is 8.26. The molecular weight excluding hydrogens is 474 g/mol. The minimum atomic E-state index is -0.178. The predicted octanol–water partition coefficient (Wildman–Crippen LogP) is 5.16. The van der Waals surface area contributed by atoms with E-state index in [4.69, 9.17) is 35.6 Å². The average Bonchev–Trinajstić information content (AvgIpc) is 3.46. The second-order valence-electron chi connectivity index (χ2n) is 7.11. The van der Waals surface area contributed by atoms with Crippen LogP contribution >= 0.6 is 24.0 Å². The number of carbonyl (C=O) groups is 1. The number of amides is 1. The first-order chi connectivity index (χ1) is 16.6. The third-order valence-electron chi connectivity index (χ3n) is 4.89. The van der Waals surface area contributed by atoms with Crippen molar-refractivity contribution < 1.29 is 28.2 Å². The fraction of sp³-hybridized carbons (Fsp3) is 0.200. The number of carbonyl (C=O) groups excluding carboxylic acids is 1. The fourth-order valence-corrected chi connectivity index (χ4v) is 4.55. The Hall–Kier alpha value is -3.43. The molecule has 1 aliphatic heterocycles. The van der Waals surface area contributed by atoms with Crippen LogP contribution in [0.4, 0.5) is 0 Å². The highest BCUT2D eigenvalue weighted by atomic mass is 32.2. The van der Waals surface area contributed by atoms with Crippen LogP contribution in [0.15, 0.2) is 70.2 Å². The molecule has 0 bridgehead atoms. The summed E-state index contributed by atoms with van der Waals surface area (Å²) in [6.45, 7) is 0.947. The van der Waals surface area contributed by atoms with Crippen molar-refractivity contribution in [2.75, 3.05) is 27.4 Å². The zero-order valence-corrected chi connectivity index (χ0v) is 20.3. The van der Waals surface area contributed by atoms with Crippen molar-refractivity contribution in [2.24, 2.45) is 0 Å². The highest BCUT2D eigenvalue weighted by Crippen LogP contribution is 2.41. The zero-order chi connectivity index (χ0) is 23.9. The summed E-state index contributed by atoms with van der Waals surface area (Å²) < 4.78 is 28.5. The van der Waals surface area contributed by atoms with Gasteiger partial charge in [0.25, 0.3) is 5.91 Å². The van der Waals surface area contributed by atoms with Crippen LogP contribution in [0.5, 0.6) is 23.0 Å². The molecule has 2 aromatic carbocycles. The molecule has 7 nitrogen and oxygen atoms in total. The summed E-state index contributed by atoms with van der Waals surface area (Å²) in [5.41, 5.74) is 0.722. The summed E-state index contributed by atoms with van der Waals surface area (Å²) in [7, 11) is 3.10. The zero-order valence-electron chi connectivity index (χ0n) is 18.7. The number of para-hydroxylation sites is 1. The van der Waals surface area contributed by atoms with Gasteiger partial charge in [0, 0.05) is 0 Å². The number of hydrogen-bond acceptors (Lipinski definition) is 8. The Morgan fingerprint density at radius 1 is 1.00 bits per heavy atom. The fourth-order valence-electron chi connectivity index (χ4n) is 3.29. The van der Waals surface area contributed by atoms with Gasteiger partial charge in [-0.15, -0.1) is 0 Å². The van der Waals surface area contributed by atoms with Gasteiger partial charge in [0.2, 0.25) is 5.75 Å². The van der Waals surface area contributed by atoms with Crippen LogP contribution in [0, 0.1) is 0 Å². The molecule has 1 amide bonds. The van der Waals surface area contributed by atoms with E-state index >= 15 is 0 Å². The maximum absolute atomic E-state index is 12.9. The largest absolute Gasteiger partial charge is 0.493 e. The van der Waals surface area contributed by atoms with E-state index in [1.165, 1.54) is 16.7 Å². The summed E-state index contributed by atoms with van der Waals surface area (Å²) in [6.07, 6.45) is 3.33. The molecule has 1 saturated heterocycles. The van der Waals surface area contributed by atoms with E-state index in [-0.39, 0.29) is 5.91 Å². The molecule has 2 heterocycles. The van der Waals surface area contributed by atoms with Gasteiger partial charge in [-0.25, -0.2) is 0 Å². The van der Waals surface area contributed by atoms with E-state index in [2.05, 4.69) is 0 Å². The minimum absolute atomic E-state index is 0.178. The number of methoxy groups -OCH3 is 2. The molecule has 3 aromatic rings. The van der Waals surface area contributed by atoms with Gasteiger partial charge in [0.15, 0.2) is 11.5 Å². The lowest BCUT2D eigenvalue weighted by molar-refractivity contribution is -0.122. The first-order valence-electron chi connectivity index (χ1n) is 10.4. The van der Waals surface area contributed by atoms with Crippen molar-refractivity contribution in [1.82, 2.24) is 4.90 Å². The van der Waals surface area contributed by atoms with Crippen molar-refractivity contribution in [3.05, 3.63) is 77.1 Å². The Morgan fingerprint density at radius 2 is 1.71 bits per heavy atom. The molecule has 176 valence electrons. The molecule has 1 aliphatic rings. The molecule has 0 N–H and O–H groups in total. The van der Waals surface area contributed by atoms with Crippen LogP contribution in [-0.2, 0) is 11.3 Å². The van der Waals surface area contributed by atoms with Crippen molar-refractivity contribution in [1.29, 1.82) is 0 Å². The molecule has 9 heteroatoms. The van der Waals surface area contributed by atoms with Gasteiger partial charge in [-0.1, -0.05) is 42.2 Å². The van der Waals surface area contributed by atoms with E-state index in [9.17, 15) is 4.79 Å². The maximum Gasteiger partial charge on any atom is 0.266 e. The lowest BCUT2D eigenvalue weighted by Gasteiger charge is -2.16. The second-order valence-corrected chi connectivity index (χ2v) is 8.79. The molecule has 0 spiro atoms. The molecular formula is C25H23NO6S2. The summed E-state index contributed by atoms with van der Waals surface area (Å²) >= 11 is 6.64. The summed E-state index contributed by atoms with van der Waals surface area (Å²) in [4.78, 5) is 14.9. The van der Waals surface area contributed by atoms with Crippen LogP contribution in [0.2, 0.25) is 0 Å². The van der Waals surface area contributed by atoms with Gasteiger partial charge in [0.05, 0.1) is 31.9 Å². The van der Waals surface area contributed by atoms with Crippen LogP contribution in [0.1, 0.15) is 11.3 Å². The Balaban J connectivity index is 1.47. The molecule has 0 radical (unpaired) electrons. The third kappa shape index (κ3) is 5.55. The maximum atomic E-state index is 12.9. The predicted molar refractivity (Wildman–Crippen MR) is 134 cm³/mol. The van der Waals surface area contributed by atoms with E-state index in [1.807, 2.05) is 36.4 Å². The Bertz CT molecular complexity index is 1150. The Kier molecular flexibility index (Phi) is 7.76. The number of thioether (sulfide) groups is 1. The monoisotopic (exact) mass is 497 g/mol. The van der Waals surface area contributed by atoms with Gasteiger partial charge < -0.3 is 23.4 Å². The highest BCUT2D eigenvalue weighted by Gasteiger charge is 2.32. The summed E-state index contributed by atoms with van der Waals surface area (Å²) in [5.74, 6) is 2.68. The third-order valence-corrected chi connectivity index (χ3v) is 6.27. The number of ether oxygens (including phenoxy) is 4. The van der Waals surface area contributed by atoms with Crippen molar-refractivity contribution in [2.45, 2.75) is 6.54 Å². The van der Waals surface area contributed by atoms with Crippen LogP contribution < -0.4 is 18.9 Å². The SMILES string of the molecule is COc1cc(/C=C2\SC(=S)N(Cc3ccco3)C2=O)cc(OC)c1OCCOc1ccccc1. The lowest BCUT2D eigenvalue weighted by atomic mass is 10.1.